The van der Waals surface area contributed by atoms with Gasteiger partial charge in [-0.2, -0.15) is 0 Å². The third-order valence-corrected chi connectivity index (χ3v) is 5.25. The van der Waals surface area contributed by atoms with E-state index in [1.807, 2.05) is 0 Å². The molecule has 0 aromatic heterocycles. The second kappa shape index (κ2) is 8.60. The maximum atomic E-state index is 6.20. The first-order valence-electron chi connectivity index (χ1n) is 9.30. The molecule has 2 rings (SSSR count). The largest absolute Gasteiger partial charge is 0.493 e. The average molecular weight is 303 g/mol. The Labute approximate surface area is 137 Å². The summed E-state index contributed by atoms with van der Waals surface area (Å²) in [6.07, 6.45) is 11.2. The van der Waals surface area contributed by atoms with E-state index in [4.69, 9.17) is 4.74 Å². The Bertz CT molecular complexity index is 432. The monoisotopic (exact) mass is 302 g/mol. The summed E-state index contributed by atoms with van der Waals surface area (Å²) in [6, 6.07) is 4.46. The van der Waals surface area contributed by atoms with Crippen molar-refractivity contribution in [1.29, 1.82) is 0 Å². The van der Waals surface area contributed by atoms with E-state index in [0.29, 0.717) is 0 Å². The van der Waals surface area contributed by atoms with Crippen LogP contribution in [0.15, 0.2) is 12.1 Å². The van der Waals surface area contributed by atoms with Crippen molar-refractivity contribution < 1.29 is 4.74 Å². The lowest BCUT2D eigenvalue weighted by molar-refractivity contribution is 0.176. The zero-order valence-electron chi connectivity index (χ0n) is 15.1. The second-order valence-electron chi connectivity index (χ2n) is 7.42. The Kier molecular flexibility index (Phi) is 6.79. The molecule has 1 aliphatic rings. The van der Waals surface area contributed by atoms with Gasteiger partial charge >= 0.3 is 0 Å². The lowest BCUT2D eigenvalue weighted by Gasteiger charge is -2.29. The molecule has 1 aliphatic carbocycles. The molecular weight excluding hydrogens is 268 g/mol. The molecule has 1 aromatic rings. The molecule has 0 radical (unpaired) electrons. The molecule has 0 heterocycles. The molecule has 1 nitrogen and oxygen atoms in total. The Hall–Kier alpha value is -0.980. The number of rotatable bonds is 7. The number of hydrogen-bond acceptors (Lipinski definition) is 1. The molecule has 0 amide bonds. The van der Waals surface area contributed by atoms with Crippen molar-refractivity contribution in [2.75, 3.05) is 6.61 Å². The van der Waals surface area contributed by atoms with Crippen LogP contribution in [0, 0.1) is 32.6 Å². The highest BCUT2D eigenvalue weighted by molar-refractivity contribution is 5.42. The van der Waals surface area contributed by atoms with E-state index in [2.05, 4.69) is 39.8 Å². The van der Waals surface area contributed by atoms with Gasteiger partial charge in [0, 0.05) is 0 Å². The van der Waals surface area contributed by atoms with Gasteiger partial charge in [0.05, 0.1) is 6.61 Å². The van der Waals surface area contributed by atoms with Crippen LogP contribution in [0.2, 0.25) is 0 Å². The van der Waals surface area contributed by atoms with Crippen LogP contribution in [0.3, 0.4) is 0 Å². The summed E-state index contributed by atoms with van der Waals surface area (Å²) in [5, 5.41) is 0. The molecule has 124 valence electrons. The Morgan fingerprint density at radius 2 is 1.50 bits per heavy atom. The lowest BCUT2D eigenvalue weighted by Crippen LogP contribution is -2.20. The summed E-state index contributed by atoms with van der Waals surface area (Å²) in [6.45, 7) is 9.69. The minimum Gasteiger partial charge on any atom is -0.493 e. The first kappa shape index (κ1) is 17.4. The molecule has 0 bridgehead atoms. The van der Waals surface area contributed by atoms with E-state index >= 15 is 0 Å². The Balaban J connectivity index is 1.75. The molecule has 1 aromatic carbocycles. The van der Waals surface area contributed by atoms with Crippen LogP contribution in [-0.2, 0) is 0 Å². The van der Waals surface area contributed by atoms with E-state index in [9.17, 15) is 0 Å². The van der Waals surface area contributed by atoms with Crippen LogP contribution in [-0.4, -0.2) is 6.61 Å². The SMILES string of the molecule is CCCCCC1CCC(COc2c(C)cc(C)cc2C)CC1. The number of benzene rings is 1. The smallest absolute Gasteiger partial charge is 0.125 e. The summed E-state index contributed by atoms with van der Waals surface area (Å²) in [7, 11) is 0. The summed E-state index contributed by atoms with van der Waals surface area (Å²) < 4.78 is 6.20. The molecule has 0 saturated heterocycles. The summed E-state index contributed by atoms with van der Waals surface area (Å²) in [5.74, 6) is 2.88. The first-order chi connectivity index (χ1) is 10.6. The standard InChI is InChI=1S/C21H34O/c1-5-6-7-8-19-9-11-20(12-10-19)15-22-21-17(3)13-16(2)14-18(21)4/h13-14,19-20H,5-12,15H2,1-4H3. The van der Waals surface area contributed by atoms with Crippen LogP contribution in [0.25, 0.3) is 0 Å². The third-order valence-electron chi connectivity index (χ3n) is 5.25. The molecule has 1 fully saturated rings. The molecule has 0 atom stereocenters. The van der Waals surface area contributed by atoms with Gasteiger partial charge in [-0.05, 0) is 56.6 Å². The van der Waals surface area contributed by atoms with Crippen LogP contribution in [0.5, 0.6) is 5.75 Å². The molecule has 1 heteroatoms. The van der Waals surface area contributed by atoms with Gasteiger partial charge in [0.25, 0.3) is 0 Å². The number of aryl methyl sites for hydroxylation is 3. The van der Waals surface area contributed by atoms with Gasteiger partial charge in [0.2, 0.25) is 0 Å². The molecule has 0 aliphatic heterocycles. The number of hydrogen-bond donors (Lipinski definition) is 0. The summed E-state index contributed by atoms with van der Waals surface area (Å²) in [4.78, 5) is 0. The lowest BCUT2D eigenvalue weighted by atomic mass is 9.80. The van der Waals surface area contributed by atoms with Crippen molar-refractivity contribution in [3.63, 3.8) is 0 Å². The highest BCUT2D eigenvalue weighted by Gasteiger charge is 2.21. The third kappa shape index (κ3) is 5.04. The van der Waals surface area contributed by atoms with Crippen molar-refractivity contribution in [3.05, 3.63) is 28.8 Å². The van der Waals surface area contributed by atoms with Gasteiger partial charge < -0.3 is 4.74 Å². The molecule has 22 heavy (non-hydrogen) atoms. The van der Waals surface area contributed by atoms with Gasteiger partial charge in [0.1, 0.15) is 5.75 Å². The van der Waals surface area contributed by atoms with E-state index in [0.717, 1.165) is 24.2 Å². The number of ether oxygens (including phenoxy) is 1. The van der Waals surface area contributed by atoms with Gasteiger partial charge in [-0.3, -0.25) is 0 Å². The van der Waals surface area contributed by atoms with Crippen LogP contribution >= 0.6 is 0 Å². The van der Waals surface area contributed by atoms with E-state index in [-0.39, 0.29) is 0 Å². The Morgan fingerprint density at radius 1 is 0.909 bits per heavy atom. The fourth-order valence-corrected chi connectivity index (χ4v) is 3.97. The fraction of sp³-hybridized carbons (Fsp3) is 0.714. The predicted molar refractivity (Wildman–Crippen MR) is 95.7 cm³/mol. The predicted octanol–water partition coefficient (Wildman–Crippen LogP) is 6.38. The maximum Gasteiger partial charge on any atom is 0.125 e. The minimum absolute atomic E-state index is 0.766. The van der Waals surface area contributed by atoms with Gasteiger partial charge in [-0.25, -0.2) is 0 Å². The van der Waals surface area contributed by atoms with E-state index < -0.39 is 0 Å². The minimum atomic E-state index is 0.766. The zero-order valence-corrected chi connectivity index (χ0v) is 15.1. The summed E-state index contributed by atoms with van der Waals surface area (Å²) in [5.41, 5.74) is 3.89. The molecule has 1 saturated carbocycles. The van der Waals surface area contributed by atoms with E-state index in [1.165, 1.54) is 68.1 Å². The highest BCUT2D eigenvalue weighted by atomic mass is 16.5. The highest BCUT2D eigenvalue weighted by Crippen LogP contribution is 2.33. The van der Waals surface area contributed by atoms with Gasteiger partial charge in [-0.15, -0.1) is 0 Å². The van der Waals surface area contributed by atoms with Crippen LogP contribution < -0.4 is 4.74 Å². The topological polar surface area (TPSA) is 9.23 Å². The summed E-state index contributed by atoms with van der Waals surface area (Å²) >= 11 is 0. The van der Waals surface area contributed by atoms with Crippen molar-refractivity contribution in [1.82, 2.24) is 0 Å². The second-order valence-corrected chi connectivity index (χ2v) is 7.42. The quantitative estimate of drug-likeness (QED) is 0.531. The van der Waals surface area contributed by atoms with Crippen molar-refractivity contribution >= 4 is 0 Å². The fourth-order valence-electron chi connectivity index (χ4n) is 3.97. The van der Waals surface area contributed by atoms with E-state index in [1.54, 1.807) is 0 Å². The normalized spacial score (nSPS) is 21.8. The Morgan fingerprint density at radius 3 is 2.09 bits per heavy atom. The maximum absolute atomic E-state index is 6.20. The number of unbranched alkanes of at least 4 members (excludes halogenated alkanes) is 2. The zero-order chi connectivity index (χ0) is 15.9. The van der Waals surface area contributed by atoms with Crippen LogP contribution in [0.4, 0.5) is 0 Å². The first-order valence-corrected chi connectivity index (χ1v) is 9.30. The molecule has 0 unspecified atom stereocenters. The average Bonchev–Trinajstić information content (AvgIpc) is 2.48. The van der Waals surface area contributed by atoms with Crippen molar-refractivity contribution in [2.24, 2.45) is 11.8 Å². The molecule has 0 N–H and O–H groups in total. The van der Waals surface area contributed by atoms with Gasteiger partial charge in [-0.1, -0.05) is 63.1 Å². The van der Waals surface area contributed by atoms with Crippen molar-refractivity contribution in [2.45, 2.75) is 79.1 Å². The van der Waals surface area contributed by atoms with Gasteiger partial charge in [0.15, 0.2) is 0 Å². The molecular formula is C21H34O. The van der Waals surface area contributed by atoms with Crippen LogP contribution in [0.1, 0.15) is 75.0 Å². The molecule has 0 spiro atoms. The van der Waals surface area contributed by atoms with Crippen molar-refractivity contribution in [3.8, 4) is 5.75 Å².